The van der Waals surface area contributed by atoms with Crippen LogP contribution in [-0.4, -0.2) is 5.88 Å². The number of hydrogen-bond acceptors (Lipinski definition) is 0. The second-order valence-corrected chi connectivity index (χ2v) is 3.40. The van der Waals surface area contributed by atoms with Gasteiger partial charge in [0, 0.05) is 5.88 Å². The van der Waals surface area contributed by atoms with Crippen LogP contribution in [0.3, 0.4) is 0 Å². The van der Waals surface area contributed by atoms with E-state index in [-0.39, 0.29) is 5.82 Å². The molecule has 0 aromatic heterocycles. The smallest absolute Gasteiger partial charge is 0.126 e. The van der Waals surface area contributed by atoms with Gasteiger partial charge >= 0.3 is 0 Å². The number of allylic oxidation sites excluding steroid dienone is 1. The average molecular weight is 199 g/mol. The van der Waals surface area contributed by atoms with Crippen LogP contribution in [0.15, 0.2) is 23.8 Å². The summed E-state index contributed by atoms with van der Waals surface area (Å²) in [5, 5.41) is 0. The maximum atomic E-state index is 13.1. The third-order valence-corrected chi connectivity index (χ3v) is 2.24. The van der Waals surface area contributed by atoms with Crippen LogP contribution < -0.4 is 0 Å². The SMILES string of the molecule is CC(=Cc1ccc(C)c(F)c1)CCl. The van der Waals surface area contributed by atoms with Gasteiger partial charge in [-0.05, 0) is 31.0 Å². The highest BCUT2D eigenvalue weighted by molar-refractivity contribution is 6.19. The summed E-state index contributed by atoms with van der Waals surface area (Å²) in [7, 11) is 0. The fraction of sp³-hybridized carbons (Fsp3) is 0.273. The fourth-order valence-corrected chi connectivity index (χ4v) is 1.10. The predicted molar refractivity (Wildman–Crippen MR) is 55.5 cm³/mol. The summed E-state index contributed by atoms with van der Waals surface area (Å²) in [5.41, 5.74) is 2.56. The Hall–Kier alpha value is -0.820. The highest BCUT2D eigenvalue weighted by Crippen LogP contribution is 2.12. The molecule has 0 aliphatic carbocycles. The summed E-state index contributed by atoms with van der Waals surface area (Å²) in [4.78, 5) is 0. The van der Waals surface area contributed by atoms with Crippen molar-refractivity contribution < 1.29 is 4.39 Å². The lowest BCUT2D eigenvalue weighted by Gasteiger charge is -1.99. The second-order valence-electron chi connectivity index (χ2n) is 3.13. The molecule has 1 rings (SSSR count). The first kappa shape index (κ1) is 10.3. The third kappa shape index (κ3) is 2.85. The Morgan fingerprint density at radius 2 is 2.23 bits per heavy atom. The molecular formula is C11H12ClF. The van der Waals surface area contributed by atoms with Crippen LogP contribution in [0, 0.1) is 12.7 Å². The van der Waals surface area contributed by atoms with E-state index in [4.69, 9.17) is 11.6 Å². The van der Waals surface area contributed by atoms with Crippen LogP contribution in [-0.2, 0) is 0 Å². The van der Waals surface area contributed by atoms with E-state index in [9.17, 15) is 4.39 Å². The first-order chi connectivity index (χ1) is 6.13. The Balaban J connectivity index is 2.98. The van der Waals surface area contributed by atoms with Crippen LogP contribution in [0.4, 0.5) is 4.39 Å². The Morgan fingerprint density at radius 1 is 1.54 bits per heavy atom. The van der Waals surface area contributed by atoms with Gasteiger partial charge in [0.2, 0.25) is 0 Å². The minimum Gasteiger partial charge on any atom is -0.207 e. The summed E-state index contributed by atoms with van der Waals surface area (Å²) < 4.78 is 13.1. The van der Waals surface area contributed by atoms with Crippen LogP contribution >= 0.6 is 11.6 Å². The predicted octanol–water partition coefficient (Wildman–Crippen LogP) is 3.78. The van der Waals surface area contributed by atoms with Gasteiger partial charge in [-0.1, -0.05) is 23.8 Å². The summed E-state index contributed by atoms with van der Waals surface area (Å²) in [6, 6.07) is 5.17. The lowest BCUT2D eigenvalue weighted by atomic mass is 10.1. The molecule has 0 spiro atoms. The van der Waals surface area contributed by atoms with Crippen molar-refractivity contribution in [1.82, 2.24) is 0 Å². The molecule has 0 nitrogen and oxygen atoms in total. The number of halogens is 2. The minimum absolute atomic E-state index is 0.170. The van der Waals surface area contributed by atoms with Crippen molar-refractivity contribution in [2.24, 2.45) is 0 Å². The lowest BCUT2D eigenvalue weighted by molar-refractivity contribution is 0.618. The van der Waals surface area contributed by atoms with Gasteiger partial charge in [0.15, 0.2) is 0 Å². The van der Waals surface area contributed by atoms with E-state index in [1.165, 1.54) is 6.07 Å². The maximum Gasteiger partial charge on any atom is 0.126 e. The van der Waals surface area contributed by atoms with Gasteiger partial charge in [0.05, 0.1) is 0 Å². The molecule has 1 aromatic rings. The highest BCUT2D eigenvalue weighted by atomic mass is 35.5. The van der Waals surface area contributed by atoms with E-state index < -0.39 is 0 Å². The van der Waals surface area contributed by atoms with Gasteiger partial charge in [-0.25, -0.2) is 4.39 Å². The molecule has 0 saturated heterocycles. The maximum absolute atomic E-state index is 13.1. The number of benzene rings is 1. The van der Waals surface area contributed by atoms with Crippen LogP contribution in [0.25, 0.3) is 6.08 Å². The molecule has 70 valence electrons. The zero-order chi connectivity index (χ0) is 9.84. The molecular weight excluding hydrogens is 187 g/mol. The van der Waals surface area contributed by atoms with Gasteiger partial charge in [-0.15, -0.1) is 11.6 Å². The van der Waals surface area contributed by atoms with Crippen molar-refractivity contribution in [3.05, 3.63) is 40.7 Å². The Kier molecular flexibility index (Phi) is 3.49. The number of alkyl halides is 1. The van der Waals surface area contributed by atoms with E-state index in [2.05, 4.69) is 0 Å². The largest absolute Gasteiger partial charge is 0.207 e. The molecule has 0 N–H and O–H groups in total. The van der Waals surface area contributed by atoms with Crippen LogP contribution in [0.1, 0.15) is 18.1 Å². The van der Waals surface area contributed by atoms with E-state index in [1.54, 1.807) is 13.0 Å². The minimum atomic E-state index is -0.170. The topological polar surface area (TPSA) is 0 Å². The first-order valence-electron chi connectivity index (χ1n) is 4.13. The molecule has 0 saturated carbocycles. The second kappa shape index (κ2) is 4.43. The van der Waals surface area contributed by atoms with Crippen molar-refractivity contribution in [3.8, 4) is 0 Å². The average Bonchev–Trinajstić information content (AvgIpc) is 2.11. The molecule has 0 atom stereocenters. The van der Waals surface area contributed by atoms with Crippen molar-refractivity contribution in [1.29, 1.82) is 0 Å². The molecule has 13 heavy (non-hydrogen) atoms. The summed E-state index contributed by atoms with van der Waals surface area (Å²) in [6.07, 6.45) is 1.88. The van der Waals surface area contributed by atoms with Crippen molar-refractivity contribution >= 4 is 17.7 Å². The molecule has 2 heteroatoms. The van der Waals surface area contributed by atoms with E-state index in [0.717, 1.165) is 11.1 Å². The quantitative estimate of drug-likeness (QED) is 0.635. The summed E-state index contributed by atoms with van der Waals surface area (Å²) >= 11 is 5.61. The molecule has 1 aromatic carbocycles. The van der Waals surface area contributed by atoms with Crippen LogP contribution in [0.2, 0.25) is 0 Å². The number of rotatable bonds is 2. The van der Waals surface area contributed by atoms with E-state index in [1.807, 2.05) is 19.1 Å². The molecule has 0 radical (unpaired) electrons. The lowest BCUT2D eigenvalue weighted by Crippen LogP contribution is -1.84. The first-order valence-corrected chi connectivity index (χ1v) is 4.66. The van der Waals surface area contributed by atoms with E-state index >= 15 is 0 Å². The molecule has 0 aliphatic heterocycles. The van der Waals surface area contributed by atoms with Gasteiger partial charge < -0.3 is 0 Å². The molecule has 0 amide bonds. The van der Waals surface area contributed by atoms with Crippen molar-refractivity contribution in [2.75, 3.05) is 5.88 Å². The molecule has 0 heterocycles. The molecule has 0 bridgehead atoms. The molecule has 0 fully saturated rings. The zero-order valence-corrected chi connectivity index (χ0v) is 8.53. The normalized spacial score (nSPS) is 11.8. The van der Waals surface area contributed by atoms with Gasteiger partial charge in [-0.3, -0.25) is 0 Å². The Morgan fingerprint density at radius 3 is 2.77 bits per heavy atom. The summed E-state index contributed by atoms with van der Waals surface area (Å²) in [5.74, 6) is 0.311. The molecule has 0 unspecified atom stereocenters. The van der Waals surface area contributed by atoms with Crippen molar-refractivity contribution in [3.63, 3.8) is 0 Å². The standard InChI is InChI=1S/C11H12ClF/c1-8(7-12)5-10-4-3-9(2)11(13)6-10/h3-6H,7H2,1-2H3. The van der Waals surface area contributed by atoms with Gasteiger partial charge in [0.1, 0.15) is 5.82 Å². The highest BCUT2D eigenvalue weighted by Gasteiger charge is 1.97. The van der Waals surface area contributed by atoms with Gasteiger partial charge in [0.25, 0.3) is 0 Å². The Labute approximate surface area is 83.0 Å². The number of aryl methyl sites for hydroxylation is 1. The monoisotopic (exact) mass is 198 g/mol. The fourth-order valence-electron chi connectivity index (χ4n) is 1.02. The van der Waals surface area contributed by atoms with Crippen molar-refractivity contribution in [2.45, 2.75) is 13.8 Å². The summed E-state index contributed by atoms with van der Waals surface area (Å²) in [6.45, 7) is 3.67. The van der Waals surface area contributed by atoms with Crippen LogP contribution in [0.5, 0.6) is 0 Å². The Bertz CT molecular complexity index is 329. The zero-order valence-electron chi connectivity index (χ0n) is 7.77. The van der Waals surface area contributed by atoms with E-state index in [0.29, 0.717) is 11.4 Å². The third-order valence-electron chi connectivity index (χ3n) is 1.82. The number of hydrogen-bond donors (Lipinski definition) is 0. The van der Waals surface area contributed by atoms with Gasteiger partial charge in [-0.2, -0.15) is 0 Å². The molecule has 0 aliphatic rings.